The van der Waals surface area contributed by atoms with Gasteiger partial charge >= 0.3 is 0 Å². The molecule has 0 N–H and O–H groups in total. The zero-order chi connectivity index (χ0) is 11.3. The van der Waals surface area contributed by atoms with Crippen LogP contribution in [0.25, 0.3) is 0 Å². The molecule has 1 nitrogen and oxygen atoms in total. The minimum atomic E-state index is -0.203. The Kier molecular flexibility index (Phi) is 5.22. The minimum Gasteiger partial charge on any atom is -0.293 e. The number of thiocarbonyl (C=S) groups is 1. The molecule has 1 heterocycles. The lowest BCUT2D eigenvalue weighted by Crippen LogP contribution is -2.19. The summed E-state index contributed by atoms with van der Waals surface area (Å²) in [5.41, 5.74) is 0. The van der Waals surface area contributed by atoms with Gasteiger partial charge in [-0.3, -0.25) is 4.79 Å². The fourth-order valence-electron chi connectivity index (χ4n) is 1.21. The van der Waals surface area contributed by atoms with Crippen LogP contribution in [-0.2, 0) is 0 Å². The lowest BCUT2D eigenvalue weighted by molar-refractivity contribution is 0.0961. The highest BCUT2D eigenvalue weighted by atomic mass is 32.2. The van der Waals surface area contributed by atoms with E-state index in [1.807, 2.05) is 23.8 Å². The molecule has 0 aliphatic rings. The lowest BCUT2D eigenvalue weighted by Gasteiger charge is -2.12. The van der Waals surface area contributed by atoms with Crippen molar-refractivity contribution in [2.75, 3.05) is 6.26 Å². The van der Waals surface area contributed by atoms with Gasteiger partial charge in [0.1, 0.15) is 0 Å². The number of allylic oxidation sites excluding steroid dienone is 1. The third-order valence-electron chi connectivity index (χ3n) is 1.97. The van der Waals surface area contributed by atoms with Gasteiger partial charge in [0.25, 0.3) is 0 Å². The molecule has 1 rings (SSSR count). The van der Waals surface area contributed by atoms with Gasteiger partial charge in [-0.15, -0.1) is 29.7 Å². The van der Waals surface area contributed by atoms with Crippen LogP contribution in [0.3, 0.4) is 0 Å². The van der Waals surface area contributed by atoms with Crippen LogP contribution in [0.4, 0.5) is 0 Å². The molecule has 0 bridgehead atoms. The van der Waals surface area contributed by atoms with Gasteiger partial charge in [-0.1, -0.05) is 24.4 Å². The number of thioether (sulfide) groups is 1. The highest BCUT2D eigenvalue weighted by Crippen LogP contribution is 2.22. The summed E-state index contributed by atoms with van der Waals surface area (Å²) < 4.78 is 0.744. The first-order chi connectivity index (χ1) is 7.20. The maximum absolute atomic E-state index is 12.1. The van der Waals surface area contributed by atoms with Crippen LogP contribution in [-0.4, -0.2) is 16.2 Å². The van der Waals surface area contributed by atoms with E-state index in [0.717, 1.165) is 9.07 Å². The highest BCUT2D eigenvalue weighted by Gasteiger charge is 2.23. The van der Waals surface area contributed by atoms with Crippen LogP contribution in [0.2, 0.25) is 0 Å². The minimum absolute atomic E-state index is 0.115. The first kappa shape index (κ1) is 12.6. The van der Waals surface area contributed by atoms with Gasteiger partial charge in [0.15, 0.2) is 5.78 Å². The van der Waals surface area contributed by atoms with E-state index in [2.05, 4.69) is 6.58 Å². The second-order valence-corrected chi connectivity index (χ2v) is 5.44. The standard InChI is InChI=1S/C11H12OS3/c1-3-5-8(11(13)14-2)10(12)9-6-4-7-15-9/h3-4,6-8H,1,5H2,2H3/t8-/m0/s1. The number of Topliss-reactive ketones (excluding diaryl/α,β-unsaturated/α-hetero) is 1. The first-order valence-electron chi connectivity index (χ1n) is 4.47. The molecule has 1 aromatic rings. The molecule has 0 aliphatic carbocycles. The van der Waals surface area contributed by atoms with Crippen LogP contribution in [0.1, 0.15) is 16.1 Å². The Bertz CT molecular complexity index is 354. The predicted octanol–water partition coefficient (Wildman–Crippen LogP) is 3.81. The van der Waals surface area contributed by atoms with Crippen LogP contribution in [0.5, 0.6) is 0 Å². The molecule has 1 aromatic heterocycles. The van der Waals surface area contributed by atoms with Crippen LogP contribution >= 0.6 is 35.3 Å². The monoisotopic (exact) mass is 256 g/mol. The molecule has 15 heavy (non-hydrogen) atoms. The molecule has 0 aromatic carbocycles. The number of ketones is 1. The molecule has 0 radical (unpaired) electrons. The number of hydrogen-bond acceptors (Lipinski definition) is 4. The third kappa shape index (κ3) is 3.26. The van der Waals surface area contributed by atoms with Crippen molar-refractivity contribution in [1.29, 1.82) is 0 Å². The summed E-state index contributed by atoms with van der Waals surface area (Å²) in [4.78, 5) is 12.8. The molecule has 1 atom stereocenters. The molecule has 0 saturated carbocycles. The van der Waals surface area contributed by atoms with Gasteiger partial charge in [0.2, 0.25) is 0 Å². The van der Waals surface area contributed by atoms with E-state index < -0.39 is 0 Å². The average molecular weight is 256 g/mol. The summed E-state index contributed by atoms with van der Waals surface area (Å²) in [5.74, 6) is -0.0876. The zero-order valence-corrected chi connectivity index (χ0v) is 10.9. The molecule has 0 fully saturated rings. The summed E-state index contributed by atoms with van der Waals surface area (Å²) in [6.07, 6.45) is 4.27. The van der Waals surface area contributed by atoms with Crippen molar-refractivity contribution in [3.63, 3.8) is 0 Å². The van der Waals surface area contributed by atoms with Gasteiger partial charge in [-0.05, 0) is 24.1 Å². The zero-order valence-electron chi connectivity index (χ0n) is 8.43. The summed E-state index contributed by atoms with van der Waals surface area (Å²) in [6.45, 7) is 3.66. The van der Waals surface area contributed by atoms with Gasteiger partial charge in [0, 0.05) is 0 Å². The molecule has 4 heteroatoms. The molecule has 0 spiro atoms. The van der Waals surface area contributed by atoms with Gasteiger partial charge in [-0.2, -0.15) is 0 Å². The Morgan fingerprint density at radius 2 is 2.53 bits per heavy atom. The van der Waals surface area contributed by atoms with Crippen molar-refractivity contribution < 1.29 is 4.79 Å². The van der Waals surface area contributed by atoms with E-state index in [4.69, 9.17) is 12.2 Å². The first-order valence-corrected chi connectivity index (χ1v) is 6.98. The molecule has 80 valence electrons. The van der Waals surface area contributed by atoms with Gasteiger partial charge in [-0.25, -0.2) is 0 Å². The van der Waals surface area contributed by atoms with E-state index in [9.17, 15) is 4.79 Å². The summed E-state index contributed by atoms with van der Waals surface area (Å²) in [6, 6.07) is 3.72. The number of carbonyl (C=O) groups excluding carboxylic acids is 1. The highest BCUT2D eigenvalue weighted by molar-refractivity contribution is 8.22. The van der Waals surface area contributed by atoms with E-state index in [1.54, 1.807) is 6.08 Å². The molecule has 0 unspecified atom stereocenters. The Morgan fingerprint density at radius 1 is 1.80 bits per heavy atom. The van der Waals surface area contributed by atoms with Crippen molar-refractivity contribution in [3.05, 3.63) is 35.0 Å². The van der Waals surface area contributed by atoms with E-state index in [1.165, 1.54) is 23.1 Å². The van der Waals surface area contributed by atoms with E-state index in [-0.39, 0.29) is 11.7 Å². The maximum Gasteiger partial charge on any atom is 0.181 e. The van der Waals surface area contributed by atoms with E-state index in [0.29, 0.717) is 6.42 Å². The Balaban J connectivity index is 2.85. The summed E-state index contributed by atoms with van der Waals surface area (Å²) >= 11 is 8.12. The molecule has 0 saturated heterocycles. The normalized spacial score (nSPS) is 12.1. The van der Waals surface area contributed by atoms with E-state index >= 15 is 0 Å². The SMILES string of the molecule is C=CC[C@@H](C(=O)c1cccs1)C(=S)SC. The summed E-state index contributed by atoms with van der Waals surface area (Å²) in [7, 11) is 0. The maximum atomic E-state index is 12.1. The Morgan fingerprint density at radius 3 is 3.00 bits per heavy atom. The van der Waals surface area contributed by atoms with Gasteiger partial charge < -0.3 is 0 Å². The van der Waals surface area contributed by atoms with Crippen LogP contribution < -0.4 is 0 Å². The third-order valence-corrected chi connectivity index (χ3v) is 4.32. The number of carbonyl (C=O) groups is 1. The average Bonchev–Trinajstić information content (AvgIpc) is 2.77. The Hall–Kier alpha value is -0.450. The number of rotatable bonds is 5. The Labute approximate surface area is 104 Å². The van der Waals surface area contributed by atoms with Crippen molar-refractivity contribution in [2.45, 2.75) is 6.42 Å². The lowest BCUT2D eigenvalue weighted by atomic mass is 10.0. The number of thiophene rings is 1. The topological polar surface area (TPSA) is 17.1 Å². The second kappa shape index (κ2) is 6.20. The second-order valence-electron chi connectivity index (χ2n) is 2.94. The van der Waals surface area contributed by atoms with Crippen molar-refractivity contribution in [3.8, 4) is 0 Å². The molecular formula is C11H12OS3. The number of hydrogen-bond donors (Lipinski definition) is 0. The molecule has 0 aliphatic heterocycles. The smallest absolute Gasteiger partial charge is 0.181 e. The predicted molar refractivity (Wildman–Crippen MR) is 73.1 cm³/mol. The fourth-order valence-corrected chi connectivity index (χ4v) is 2.62. The quantitative estimate of drug-likeness (QED) is 0.453. The summed E-state index contributed by atoms with van der Waals surface area (Å²) in [5, 5.41) is 1.90. The largest absolute Gasteiger partial charge is 0.293 e. The van der Waals surface area contributed by atoms with Gasteiger partial charge in [0.05, 0.1) is 15.0 Å². The van der Waals surface area contributed by atoms with Crippen molar-refractivity contribution in [2.24, 2.45) is 5.92 Å². The van der Waals surface area contributed by atoms with Crippen molar-refractivity contribution in [1.82, 2.24) is 0 Å². The van der Waals surface area contributed by atoms with Crippen molar-refractivity contribution >= 4 is 45.3 Å². The molecular weight excluding hydrogens is 244 g/mol. The van der Waals surface area contributed by atoms with Crippen LogP contribution in [0, 0.1) is 5.92 Å². The molecule has 0 amide bonds. The fraction of sp³-hybridized carbons (Fsp3) is 0.273. The van der Waals surface area contributed by atoms with Crippen LogP contribution in [0.15, 0.2) is 30.2 Å².